The van der Waals surface area contributed by atoms with Gasteiger partial charge in [-0.05, 0) is 18.7 Å². The minimum atomic E-state index is -0.875. The molecule has 0 saturated carbocycles. The summed E-state index contributed by atoms with van der Waals surface area (Å²) in [5.74, 6) is -1.73. The van der Waals surface area contributed by atoms with Crippen LogP contribution in [0.2, 0.25) is 0 Å². The van der Waals surface area contributed by atoms with Crippen molar-refractivity contribution >= 4 is 10.9 Å². The molecule has 1 heterocycles. The third-order valence-corrected chi connectivity index (χ3v) is 2.19. The smallest absolute Gasteiger partial charge is 0.161 e. The van der Waals surface area contributed by atoms with E-state index in [0.29, 0.717) is 23.9 Å². The number of hydrogen-bond donors (Lipinski definition) is 1. The molecule has 78 valence electrons. The third-order valence-electron chi connectivity index (χ3n) is 2.19. The Kier molecular flexibility index (Phi) is 2.60. The van der Waals surface area contributed by atoms with Gasteiger partial charge in [-0.1, -0.05) is 6.07 Å². The van der Waals surface area contributed by atoms with Crippen molar-refractivity contribution in [2.45, 2.75) is 6.42 Å². The van der Waals surface area contributed by atoms with Gasteiger partial charge in [0.2, 0.25) is 0 Å². The highest BCUT2D eigenvalue weighted by atomic mass is 19.2. The topological polar surface area (TPSA) is 38.9 Å². The van der Waals surface area contributed by atoms with E-state index in [0.717, 1.165) is 17.8 Å². The lowest BCUT2D eigenvalue weighted by molar-refractivity contribution is 0.510. The molecule has 0 radical (unpaired) electrons. The van der Waals surface area contributed by atoms with Crippen LogP contribution in [0, 0.1) is 11.6 Å². The molecule has 0 amide bonds. The predicted octanol–water partition coefficient (Wildman–Crippen LogP) is 2.01. The molecule has 1 aromatic carbocycles. The van der Waals surface area contributed by atoms with Gasteiger partial charge < -0.3 is 5.73 Å². The quantitative estimate of drug-likeness (QED) is 0.819. The molecule has 2 aromatic rings. The molecule has 0 atom stereocenters. The Balaban J connectivity index is 2.56. The second-order valence-electron chi connectivity index (χ2n) is 3.30. The van der Waals surface area contributed by atoms with Crippen molar-refractivity contribution in [2.24, 2.45) is 5.73 Å². The van der Waals surface area contributed by atoms with E-state index < -0.39 is 11.6 Å². The van der Waals surface area contributed by atoms with E-state index in [9.17, 15) is 8.78 Å². The van der Waals surface area contributed by atoms with Crippen molar-refractivity contribution in [3.05, 3.63) is 41.6 Å². The predicted molar refractivity (Wildman–Crippen MR) is 54.4 cm³/mol. The Morgan fingerprint density at radius 1 is 1.13 bits per heavy atom. The van der Waals surface area contributed by atoms with Gasteiger partial charge in [0.15, 0.2) is 11.6 Å². The summed E-state index contributed by atoms with van der Waals surface area (Å²) >= 11 is 0. The fourth-order valence-electron chi connectivity index (χ4n) is 1.45. The number of nitrogens with zero attached hydrogens (tertiary/aromatic N) is 1. The molecule has 0 aliphatic carbocycles. The van der Waals surface area contributed by atoms with Gasteiger partial charge in [0.05, 0.1) is 5.52 Å². The Bertz CT molecular complexity index is 497. The maximum absolute atomic E-state index is 12.9. The van der Waals surface area contributed by atoms with E-state index in [4.69, 9.17) is 5.73 Å². The monoisotopic (exact) mass is 208 g/mol. The Labute approximate surface area is 85.7 Å². The third kappa shape index (κ3) is 1.94. The number of hydrogen-bond acceptors (Lipinski definition) is 2. The van der Waals surface area contributed by atoms with Crippen molar-refractivity contribution in [3.8, 4) is 0 Å². The lowest BCUT2D eigenvalue weighted by Gasteiger charge is -2.02. The van der Waals surface area contributed by atoms with Crippen LogP contribution in [0.3, 0.4) is 0 Å². The lowest BCUT2D eigenvalue weighted by atomic mass is 10.1. The first kappa shape index (κ1) is 9.98. The first-order chi connectivity index (χ1) is 7.20. The summed E-state index contributed by atoms with van der Waals surface area (Å²) in [7, 11) is 0. The summed E-state index contributed by atoms with van der Waals surface area (Å²) in [4.78, 5) is 4.18. The fraction of sp³-hybridized carbons (Fsp3) is 0.182. The standard InChI is InChI=1S/C11H10F2N2/c12-9-5-7-1-2-8(3-4-14)15-11(7)6-10(9)13/h1-2,5-6H,3-4,14H2. The maximum Gasteiger partial charge on any atom is 0.161 e. The summed E-state index contributed by atoms with van der Waals surface area (Å²) in [6.45, 7) is 0.488. The van der Waals surface area contributed by atoms with Gasteiger partial charge in [-0.25, -0.2) is 8.78 Å². The van der Waals surface area contributed by atoms with Crippen LogP contribution in [0.5, 0.6) is 0 Å². The summed E-state index contributed by atoms with van der Waals surface area (Å²) < 4.78 is 25.8. The van der Waals surface area contributed by atoms with Crippen LogP contribution in [0.1, 0.15) is 5.69 Å². The normalized spacial score (nSPS) is 10.9. The lowest BCUT2D eigenvalue weighted by Crippen LogP contribution is -2.04. The molecule has 0 fully saturated rings. The van der Waals surface area contributed by atoms with Crippen molar-refractivity contribution in [1.82, 2.24) is 4.98 Å². The second-order valence-corrected chi connectivity index (χ2v) is 3.30. The summed E-state index contributed by atoms with van der Waals surface area (Å²) in [5.41, 5.74) is 6.63. The number of benzene rings is 1. The number of rotatable bonds is 2. The van der Waals surface area contributed by atoms with Crippen molar-refractivity contribution < 1.29 is 8.78 Å². The SMILES string of the molecule is NCCc1ccc2cc(F)c(F)cc2n1. The zero-order valence-corrected chi connectivity index (χ0v) is 8.00. The van der Waals surface area contributed by atoms with Gasteiger partial charge in [-0.15, -0.1) is 0 Å². The maximum atomic E-state index is 12.9. The summed E-state index contributed by atoms with van der Waals surface area (Å²) in [5, 5.41) is 0.592. The van der Waals surface area contributed by atoms with E-state index in [-0.39, 0.29) is 0 Å². The molecule has 0 unspecified atom stereocenters. The minimum absolute atomic E-state index is 0.458. The number of nitrogens with two attached hydrogens (primary N) is 1. The molecule has 0 spiro atoms. The molecular formula is C11H10F2N2. The highest BCUT2D eigenvalue weighted by Crippen LogP contribution is 2.17. The number of pyridine rings is 1. The van der Waals surface area contributed by atoms with Crippen molar-refractivity contribution in [2.75, 3.05) is 6.54 Å². The average Bonchev–Trinajstić information content (AvgIpc) is 2.21. The minimum Gasteiger partial charge on any atom is -0.330 e. The molecule has 2 N–H and O–H groups in total. The molecule has 0 bridgehead atoms. The Morgan fingerprint density at radius 2 is 1.87 bits per heavy atom. The van der Waals surface area contributed by atoms with E-state index in [1.807, 2.05) is 0 Å². The molecule has 1 aromatic heterocycles. The van der Waals surface area contributed by atoms with E-state index >= 15 is 0 Å². The van der Waals surface area contributed by atoms with E-state index in [1.165, 1.54) is 0 Å². The van der Waals surface area contributed by atoms with Gasteiger partial charge in [-0.2, -0.15) is 0 Å². The Morgan fingerprint density at radius 3 is 2.60 bits per heavy atom. The van der Waals surface area contributed by atoms with E-state index in [2.05, 4.69) is 4.98 Å². The van der Waals surface area contributed by atoms with Gasteiger partial charge in [0.1, 0.15) is 0 Å². The zero-order chi connectivity index (χ0) is 10.8. The molecule has 0 aliphatic heterocycles. The fourth-order valence-corrected chi connectivity index (χ4v) is 1.45. The van der Waals surface area contributed by atoms with Gasteiger partial charge in [0, 0.05) is 23.6 Å². The van der Waals surface area contributed by atoms with Gasteiger partial charge >= 0.3 is 0 Å². The number of halogens is 2. The molecule has 4 heteroatoms. The highest BCUT2D eigenvalue weighted by Gasteiger charge is 2.05. The molecule has 0 saturated heterocycles. The van der Waals surface area contributed by atoms with Crippen LogP contribution in [0.25, 0.3) is 10.9 Å². The number of fused-ring (bicyclic) bond motifs is 1. The number of aromatic nitrogens is 1. The van der Waals surface area contributed by atoms with Gasteiger partial charge in [-0.3, -0.25) is 4.98 Å². The highest BCUT2D eigenvalue weighted by molar-refractivity contribution is 5.78. The molecule has 2 nitrogen and oxygen atoms in total. The van der Waals surface area contributed by atoms with E-state index in [1.54, 1.807) is 12.1 Å². The Hall–Kier alpha value is -1.55. The van der Waals surface area contributed by atoms with Crippen LogP contribution in [0.15, 0.2) is 24.3 Å². The van der Waals surface area contributed by atoms with Crippen molar-refractivity contribution in [1.29, 1.82) is 0 Å². The average molecular weight is 208 g/mol. The summed E-state index contributed by atoms with van der Waals surface area (Å²) in [6, 6.07) is 5.73. The first-order valence-electron chi connectivity index (χ1n) is 4.65. The van der Waals surface area contributed by atoms with Crippen LogP contribution in [-0.2, 0) is 6.42 Å². The summed E-state index contributed by atoms with van der Waals surface area (Å²) in [6.07, 6.45) is 0.634. The van der Waals surface area contributed by atoms with Crippen molar-refractivity contribution in [3.63, 3.8) is 0 Å². The largest absolute Gasteiger partial charge is 0.330 e. The first-order valence-corrected chi connectivity index (χ1v) is 4.65. The van der Waals surface area contributed by atoms with Crippen LogP contribution < -0.4 is 5.73 Å². The van der Waals surface area contributed by atoms with Crippen LogP contribution in [0.4, 0.5) is 8.78 Å². The zero-order valence-electron chi connectivity index (χ0n) is 8.00. The van der Waals surface area contributed by atoms with Gasteiger partial charge in [0.25, 0.3) is 0 Å². The van der Waals surface area contributed by atoms with Crippen LogP contribution >= 0.6 is 0 Å². The molecule has 2 rings (SSSR count). The van der Waals surface area contributed by atoms with Crippen LogP contribution in [-0.4, -0.2) is 11.5 Å². The molecule has 0 aliphatic rings. The molecule has 15 heavy (non-hydrogen) atoms. The second kappa shape index (κ2) is 3.90. The molecular weight excluding hydrogens is 198 g/mol.